The van der Waals surface area contributed by atoms with E-state index in [1.165, 1.54) is 36.0 Å². The fraction of sp³-hybridized carbons (Fsp3) is 0.333. The number of halogens is 2. The Balaban J connectivity index is 1.81. The zero-order valence-electron chi connectivity index (χ0n) is 11.9. The minimum atomic E-state index is 0.0728. The number of hydrogen-bond donors (Lipinski definition) is 1. The van der Waals surface area contributed by atoms with Gasteiger partial charge in [-0.05, 0) is 60.4 Å². The van der Waals surface area contributed by atoms with Gasteiger partial charge in [-0.15, -0.1) is 0 Å². The lowest BCUT2D eigenvalue weighted by Gasteiger charge is -2.28. The van der Waals surface area contributed by atoms with Crippen molar-refractivity contribution >= 4 is 31.9 Å². The van der Waals surface area contributed by atoms with Crippen molar-refractivity contribution in [3.05, 3.63) is 68.1 Å². The van der Waals surface area contributed by atoms with E-state index < -0.39 is 0 Å². The molecule has 3 heteroatoms. The summed E-state index contributed by atoms with van der Waals surface area (Å²) in [7, 11) is 0. The maximum atomic E-state index is 6.49. The lowest BCUT2D eigenvalue weighted by atomic mass is 9.79. The van der Waals surface area contributed by atoms with E-state index in [1.54, 1.807) is 0 Å². The van der Waals surface area contributed by atoms with Crippen LogP contribution in [-0.4, -0.2) is 0 Å². The van der Waals surface area contributed by atoms with Gasteiger partial charge in [-0.2, -0.15) is 0 Å². The van der Waals surface area contributed by atoms with E-state index in [0.717, 1.165) is 15.4 Å². The normalized spacial score (nSPS) is 19.1. The molecule has 0 saturated heterocycles. The summed E-state index contributed by atoms with van der Waals surface area (Å²) in [6.07, 6.45) is 4.75. The van der Waals surface area contributed by atoms with Crippen molar-refractivity contribution in [2.45, 2.75) is 37.6 Å². The van der Waals surface area contributed by atoms with Crippen LogP contribution >= 0.6 is 31.9 Å². The van der Waals surface area contributed by atoms with Gasteiger partial charge in [-0.3, -0.25) is 0 Å². The Morgan fingerprint density at radius 1 is 1.14 bits per heavy atom. The Bertz CT molecular complexity index is 639. The van der Waals surface area contributed by atoms with E-state index in [9.17, 15) is 0 Å². The topological polar surface area (TPSA) is 26.0 Å². The van der Waals surface area contributed by atoms with Crippen LogP contribution in [0.2, 0.25) is 0 Å². The van der Waals surface area contributed by atoms with Crippen molar-refractivity contribution in [3.8, 4) is 0 Å². The molecule has 21 heavy (non-hydrogen) atoms. The molecule has 110 valence electrons. The van der Waals surface area contributed by atoms with Gasteiger partial charge in [0.1, 0.15) is 0 Å². The molecule has 0 bridgehead atoms. The first-order chi connectivity index (χ1) is 10.1. The van der Waals surface area contributed by atoms with E-state index in [2.05, 4.69) is 74.3 Å². The summed E-state index contributed by atoms with van der Waals surface area (Å²) in [5.41, 5.74) is 10.7. The molecule has 1 aliphatic rings. The lowest BCUT2D eigenvalue weighted by molar-refractivity contribution is 0.475. The summed E-state index contributed by atoms with van der Waals surface area (Å²) in [6, 6.07) is 15.2. The van der Waals surface area contributed by atoms with Crippen molar-refractivity contribution in [2.24, 2.45) is 5.73 Å². The van der Waals surface area contributed by atoms with Crippen molar-refractivity contribution < 1.29 is 0 Å². The predicted molar refractivity (Wildman–Crippen MR) is 95.5 cm³/mol. The molecular weight excluding hydrogens is 390 g/mol. The first kappa shape index (κ1) is 15.3. The number of nitrogens with two attached hydrogens (primary N) is 1. The number of benzene rings is 2. The fourth-order valence-electron chi connectivity index (χ4n) is 3.34. The molecule has 2 unspecified atom stereocenters. The second-order valence-electron chi connectivity index (χ2n) is 5.80. The average Bonchev–Trinajstić information content (AvgIpc) is 2.47. The van der Waals surface area contributed by atoms with Crippen molar-refractivity contribution in [1.29, 1.82) is 0 Å². The standard InChI is InChI=1S/C18H19Br2N/c19-14-8-9-16(17(20)11-14)18(21)10-13-6-3-5-12-4-1-2-7-15(12)13/h1-2,4,7-9,11,13,18H,3,5-6,10,21H2. The van der Waals surface area contributed by atoms with Gasteiger partial charge < -0.3 is 5.73 Å². The molecular formula is C18H19Br2N. The van der Waals surface area contributed by atoms with Gasteiger partial charge in [0.25, 0.3) is 0 Å². The molecule has 0 aromatic heterocycles. The van der Waals surface area contributed by atoms with Crippen LogP contribution in [0.25, 0.3) is 0 Å². The van der Waals surface area contributed by atoms with Gasteiger partial charge in [-0.25, -0.2) is 0 Å². The van der Waals surface area contributed by atoms with Crippen molar-refractivity contribution in [1.82, 2.24) is 0 Å². The number of rotatable bonds is 3. The van der Waals surface area contributed by atoms with Crippen LogP contribution < -0.4 is 5.73 Å². The van der Waals surface area contributed by atoms with E-state index in [0.29, 0.717) is 5.92 Å². The summed E-state index contributed by atoms with van der Waals surface area (Å²) < 4.78 is 2.17. The monoisotopic (exact) mass is 407 g/mol. The molecule has 0 spiro atoms. The van der Waals surface area contributed by atoms with Gasteiger partial charge >= 0.3 is 0 Å². The third-order valence-electron chi connectivity index (χ3n) is 4.39. The second kappa shape index (κ2) is 6.64. The molecule has 1 aliphatic carbocycles. The third-order valence-corrected chi connectivity index (χ3v) is 5.57. The molecule has 0 aliphatic heterocycles. The maximum Gasteiger partial charge on any atom is 0.0311 e. The first-order valence-electron chi connectivity index (χ1n) is 7.43. The maximum absolute atomic E-state index is 6.49. The predicted octanol–water partition coefficient (Wildman–Crippen LogP) is 5.72. The van der Waals surface area contributed by atoms with E-state index in [4.69, 9.17) is 5.73 Å². The Labute approximate surface area is 143 Å². The molecule has 3 rings (SSSR count). The zero-order chi connectivity index (χ0) is 14.8. The van der Waals surface area contributed by atoms with Crippen LogP contribution in [0.15, 0.2) is 51.4 Å². The second-order valence-corrected chi connectivity index (χ2v) is 7.57. The molecule has 0 radical (unpaired) electrons. The molecule has 1 nitrogen and oxygen atoms in total. The Kier molecular flexibility index (Phi) is 4.82. The lowest BCUT2D eigenvalue weighted by Crippen LogP contribution is -2.18. The molecule has 0 heterocycles. The van der Waals surface area contributed by atoms with Gasteiger partial charge in [-0.1, -0.05) is 62.2 Å². The van der Waals surface area contributed by atoms with Crippen LogP contribution in [0.1, 0.15) is 47.9 Å². The highest BCUT2D eigenvalue weighted by atomic mass is 79.9. The summed E-state index contributed by atoms with van der Waals surface area (Å²) in [6.45, 7) is 0. The molecule has 2 N–H and O–H groups in total. The van der Waals surface area contributed by atoms with Crippen molar-refractivity contribution in [2.75, 3.05) is 0 Å². The molecule has 2 atom stereocenters. The third kappa shape index (κ3) is 3.41. The van der Waals surface area contributed by atoms with Crippen molar-refractivity contribution in [3.63, 3.8) is 0 Å². The number of fused-ring (bicyclic) bond motifs is 1. The van der Waals surface area contributed by atoms with E-state index >= 15 is 0 Å². The molecule has 0 amide bonds. The molecule has 2 aromatic carbocycles. The Hall–Kier alpha value is -0.640. The Morgan fingerprint density at radius 2 is 1.95 bits per heavy atom. The quantitative estimate of drug-likeness (QED) is 0.690. The summed E-state index contributed by atoms with van der Waals surface area (Å²) >= 11 is 7.13. The highest BCUT2D eigenvalue weighted by Crippen LogP contribution is 2.38. The van der Waals surface area contributed by atoms with Crippen LogP contribution in [-0.2, 0) is 6.42 Å². The van der Waals surface area contributed by atoms with E-state index in [-0.39, 0.29) is 6.04 Å². The van der Waals surface area contributed by atoms with Crippen LogP contribution in [0.3, 0.4) is 0 Å². The molecule has 0 fully saturated rings. The summed E-state index contributed by atoms with van der Waals surface area (Å²) in [5.74, 6) is 0.584. The smallest absolute Gasteiger partial charge is 0.0311 e. The van der Waals surface area contributed by atoms with Crippen LogP contribution in [0.5, 0.6) is 0 Å². The SMILES string of the molecule is NC(CC1CCCc2ccccc21)c1ccc(Br)cc1Br. The summed E-state index contributed by atoms with van der Waals surface area (Å²) in [5, 5.41) is 0. The highest BCUT2D eigenvalue weighted by Gasteiger charge is 2.23. The van der Waals surface area contributed by atoms with Crippen LogP contribution in [0, 0.1) is 0 Å². The van der Waals surface area contributed by atoms with Crippen LogP contribution in [0.4, 0.5) is 0 Å². The van der Waals surface area contributed by atoms with Gasteiger partial charge in [0.05, 0.1) is 0 Å². The highest BCUT2D eigenvalue weighted by molar-refractivity contribution is 9.11. The zero-order valence-corrected chi connectivity index (χ0v) is 15.0. The largest absolute Gasteiger partial charge is 0.324 e. The first-order valence-corrected chi connectivity index (χ1v) is 9.02. The number of hydrogen-bond acceptors (Lipinski definition) is 1. The van der Waals surface area contributed by atoms with E-state index in [1.807, 2.05) is 0 Å². The van der Waals surface area contributed by atoms with Gasteiger partial charge in [0.2, 0.25) is 0 Å². The van der Waals surface area contributed by atoms with Gasteiger partial charge in [0.15, 0.2) is 0 Å². The fourth-order valence-corrected chi connectivity index (χ4v) is 4.68. The molecule has 0 saturated carbocycles. The molecule has 2 aromatic rings. The van der Waals surface area contributed by atoms with Gasteiger partial charge in [0, 0.05) is 15.0 Å². The minimum absolute atomic E-state index is 0.0728. The summed E-state index contributed by atoms with van der Waals surface area (Å²) in [4.78, 5) is 0. The Morgan fingerprint density at radius 3 is 2.76 bits per heavy atom. The number of aryl methyl sites for hydroxylation is 1. The minimum Gasteiger partial charge on any atom is -0.324 e. The average molecular weight is 409 g/mol.